The van der Waals surface area contributed by atoms with Gasteiger partial charge in [0.15, 0.2) is 0 Å². The molecule has 0 amide bonds. The van der Waals surface area contributed by atoms with E-state index in [0.29, 0.717) is 97.0 Å². The zero-order chi connectivity index (χ0) is 40.5. The van der Waals surface area contributed by atoms with Gasteiger partial charge in [0, 0.05) is 19.8 Å². The van der Waals surface area contributed by atoms with Crippen molar-refractivity contribution >= 4 is 0 Å². The molecule has 2 fully saturated rings. The Kier molecular flexibility index (Phi) is 31.1. The fourth-order valence-electron chi connectivity index (χ4n) is 5.02. The van der Waals surface area contributed by atoms with Crippen LogP contribution in [0, 0.1) is 0 Å². The first kappa shape index (κ1) is 56.5. The zero-order valence-electron chi connectivity index (χ0n) is 35.9. The first-order chi connectivity index (χ1) is 26.4. The normalized spacial score (nSPS) is 20.0. The van der Waals surface area contributed by atoms with E-state index < -0.39 is 11.2 Å². The molecule has 2 aliphatic heterocycles. The van der Waals surface area contributed by atoms with Gasteiger partial charge in [0.25, 0.3) is 0 Å². The van der Waals surface area contributed by atoms with E-state index >= 15 is 0 Å². The Bertz CT molecular complexity index is 1140. The second-order valence-electron chi connectivity index (χ2n) is 14.0. The second-order valence-corrected chi connectivity index (χ2v) is 14.0. The Balaban J connectivity index is 0.00000102. The Morgan fingerprint density at radius 3 is 1.04 bits per heavy atom. The molecule has 0 saturated carbocycles. The van der Waals surface area contributed by atoms with Crippen molar-refractivity contribution in [1.82, 2.24) is 0 Å². The van der Waals surface area contributed by atoms with Crippen molar-refractivity contribution in [3.05, 3.63) is 70.8 Å². The van der Waals surface area contributed by atoms with Crippen LogP contribution in [0.3, 0.4) is 0 Å². The van der Waals surface area contributed by atoms with Gasteiger partial charge in [-0.2, -0.15) is 0 Å². The molecular formula is C42H71KO14. The minimum atomic E-state index is -1.15. The Morgan fingerprint density at radius 2 is 0.772 bits per heavy atom. The molecule has 0 spiro atoms. The molecule has 324 valence electrons. The van der Waals surface area contributed by atoms with Crippen molar-refractivity contribution in [2.24, 2.45) is 0 Å². The Morgan fingerprint density at radius 1 is 0.509 bits per heavy atom. The van der Waals surface area contributed by atoms with E-state index in [4.69, 9.17) is 52.5 Å². The van der Waals surface area contributed by atoms with Crippen molar-refractivity contribution in [2.75, 3.05) is 126 Å². The number of benzene rings is 2. The quantitative estimate of drug-likeness (QED) is 0.0632. The van der Waals surface area contributed by atoms with E-state index in [0.717, 1.165) is 19.8 Å². The predicted molar refractivity (Wildman–Crippen MR) is 211 cm³/mol. The average molecular weight is 839 g/mol. The fourth-order valence-corrected chi connectivity index (χ4v) is 5.02. The predicted octanol–water partition coefficient (Wildman–Crippen LogP) is 1.28. The molecule has 2 heterocycles. The van der Waals surface area contributed by atoms with Crippen LogP contribution in [-0.2, 0) is 69.8 Å². The van der Waals surface area contributed by atoms with Crippen molar-refractivity contribution in [1.29, 1.82) is 0 Å². The molecule has 4 atom stereocenters. The SMILES string of the molecule is CC1(c2ccc(C3(C)CO3)cc2)CO1.CCOCCOCCO.CCOCCOCCOCC(C)(O)c1ccc(C(C)(O)COCCOCCOCC)cc1.[K+].[OH-]. The summed E-state index contributed by atoms with van der Waals surface area (Å²) < 4.78 is 53.0. The summed E-state index contributed by atoms with van der Waals surface area (Å²) in [5.74, 6) is 0. The minimum Gasteiger partial charge on any atom is -0.870 e. The summed E-state index contributed by atoms with van der Waals surface area (Å²) in [6, 6.07) is 15.8. The Hall–Kier alpha value is -0.484. The summed E-state index contributed by atoms with van der Waals surface area (Å²) in [5.41, 5.74) is 1.64. The summed E-state index contributed by atoms with van der Waals surface area (Å²) in [4.78, 5) is 0. The molecule has 14 nitrogen and oxygen atoms in total. The minimum absolute atomic E-state index is 0. The van der Waals surface area contributed by atoms with Crippen molar-refractivity contribution in [3.8, 4) is 0 Å². The zero-order valence-corrected chi connectivity index (χ0v) is 39.0. The van der Waals surface area contributed by atoms with Crippen LogP contribution in [0.1, 0.15) is 70.7 Å². The standard InChI is InChI=1S/C24H42O8.C12H14O2.C6H14O3.K.H2O/c1-5-27-11-13-29-15-17-31-19-23(3,25)21-7-9-22(10-8-21)24(4,26)20-32-18-16-30-14-12-28-6-2;1-11(7-13-11)9-3-5-10(6-4-9)12(2)8-14-12;1-2-8-5-6-9-4-3-7;;/h7-10,25-26H,5-6,11-20H2,1-4H3;3-6H,7-8H2,1-2H3;7H,2-6H2,1H3;;1H2/q;;;+1;/p-1. The molecule has 2 aromatic carbocycles. The number of hydrogen-bond donors (Lipinski definition) is 3. The van der Waals surface area contributed by atoms with Gasteiger partial charge in [-0.3, -0.25) is 0 Å². The smallest absolute Gasteiger partial charge is 0.870 e. The molecule has 4 N–H and O–H groups in total. The van der Waals surface area contributed by atoms with E-state index in [1.54, 1.807) is 38.1 Å². The third-order valence-corrected chi connectivity index (χ3v) is 8.86. The first-order valence-electron chi connectivity index (χ1n) is 19.5. The van der Waals surface area contributed by atoms with Crippen molar-refractivity contribution < 1.29 is 120 Å². The molecule has 2 aromatic rings. The van der Waals surface area contributed by atoms with Gasteiger partial charge >= 0.3 is 51.4 Å². The van der Waals surface area contributed by atoms with Crippen LogP contribution in [0.2, 0.25) is 0 Å². The van der Waals surface area contributed by atoms with Gasteiger partial charge in [0.2, 0.25) is 0 Å². The van der Waals surface area contributed by atoms with Crippen LogP contribution >= 0.6 is 0 Å². The van der Waals surface area contributed by atoms with Gasteiger partial charge in [0.1, 0.15) is 22.4 Å². The monoisotopic (exact) mass is 838 g/mol. The number of rotatable bonds is 28. The van der Waals surface area contributed by atoms with E-state index in [1.807, 2.05) is 20.8 Å². The van der Waals surface area contributed by atoms with Gasteiger partial charge in [0.05, 0.1) is 106 Å². The average Bonchev–Trinajstić information content (AvgIpc) is 4.12. The van der Waals surface area contributed by atoms with Crippen LogP contribution in [0.4, 0.5) is 0 Å². The van der Waals surface area contributed by atoms with Crippen LogP contribution in [0.15, 0.2) is 48.5 Å². The summed E-state index contributed by atoms with van der Waals surface area (Å²) in [6.45, 7) is 23.1. The van der Waals surface area contributed by atoms with E-state index in [2.05, 4.69) is 38.1 Å². The van der Waals surface area contributed by atoms with Gasteiger partial charge in [-0.25, -0.2) is 0 Å². The third-order valence-electron chi connectivity index (χ3n) is 8.86. The van der Waals surface area contributed by atoms with Gasteiger partial charge in [-0.05, 0) is 70.7 Å². The second kappa shape index (κ2) is 31.4. The molecule has 57 heavy (non-hydrogen) atoms. The number of ether oxygens (including phenoxy) is 10. The molecule has 0 aliphatic carbocycles. The third kappa shape index (κ3) is 23.9. The number of aliphatic hydroxyl groups is 3. The fraction of sp³-hybridized carbons (Fsp3) is 0.714. The largest absolute Gasteiger partial charge is 1.00 e. The summed E-state index contributed by atoms with van der Waals surface area (Å²) in [6.07, 6.45) is 0. The number of epoxide rings is 2. The number of hydrogen-bond acceptors (Lipinski definition) is 14. The molecular weight excluding hydrogens is 768 g/mol. The Labute approximate surface area is 383 Å². The number of aliphatic hydroxyl groups excluding tert-OH is 1. The molecule has 0 bridgehead atoms. The van der Waals surface area contributed by atoms with Crippen LogP contribution in [0.5, 0.6) is 0 Å². The maximum absolute atomic E-state index is 10.7. The maximum Gasteiger partial charge on any atom is 1.00 e. The van der Waals surface area contributed by atoms with Gasteiger partial charge in [-0.1, -0.05) is 48.5 Å². The summed E-state index contributed by atoms with van der Waals surface area (Å²) >= 11 is 0. The van der Waals surface area contributed by atoms with Crippen LogP contribution in [0.25, 0.3) is 0 Å². The summed E-state index contributed by atoms with van der Waals surface area (Å²) in [5, 5.41) is 29.7. The molecule has 2 aliphatic rings. The molecule has 4 rings (SSSR count). The maximum atomic E-state index is 10.7. The molecule has 0 radical (unpaired) electrons. The van der Waals surface area contributed by atoms with Crippen LogP contribution < -0.4 is 51.4 Å². The topological polar surface area (TPSA) is 190 Å². The van der Waals surface area contributed by atoms with Gasteiger partial charge < -0.3 is 68.2 Å². The van der Waals surface area contributed by atoms with E-state index in [9.17, 15) is 10.2 Å². The molecule has 0 aromatic heterocycles. The van der Waals surface area contributed by atoms with Crippen molar-refractivity contribution in [3.63, 3.8) is 0 Å². The van der Waals surface area contributed by atoms with E-state index in [1.165, 1.54) is 11.1 Å². The molecule has 4 unspecified atom stereocenters. The molecule has 2 saturated heterocycles. The molecule has 15 heteroatoms. The van der Waals surface area contributed by atoms with E-state index in [-0.39, 0.29) is 87.9 Å². The van der Waals surface area contributed by atoms with Gasteiger partial charge in [-0.15, -0.1) is 0 Å². The first-order valence-corrected chi connectivity index (χ1v) is 19.5. The van der Waals surface area contributed by atoms with Crippen molar-refractivity contribution in [2.45, 2.75) is 70.9 Å². The van der Waals surface area contributed by atoms with Crippen LogP contribution in [-0.4, -0.2) is 146 Å². The summed E-state index contributed by atoms with van der Waals surface area (Å²) in [7, 11) is 0.